The zero-order chi connectivity index (χ0) is 14.3. The van der Waals surface area contributed by atoms with Crippen molar-refractivity contribution in [3.05, 3.63) is 33.8 Å². The van der Waals surface area contributed by atoms with Crippen LogP contribution in [0, 0.1) is 5.92 Å². The second-order valence-electron chi connectivity index (χ2n) is 5.35. The summed E-state index contributed by atoms with van der Waals surface area (Å²) in [5.74, 6) is 0.166. The van der Waals surface area contributed by atoms with Crippen molar-refractivity contribution in [2.75, 3.05) is 6.61 Å². The quantitative estimate of drug-likeness (QED) is 0.879. The van der Waals surface area contributed by atoms with Crippen LogP contribution in [0.4, 0.5) is 0 Å². The minimum Gasteiger partial charge on any atom is -0.376 e. The number of ether oxygens (including phenoxy) is 1. The molecule has 1 aliphatic heterocycles. The maximum atomic E-state index is 12.2. The van der Waals surface area contributed by atoms with E-state index in [2.05, 4.69) is 5.32 Å². The summed E-state index contributed by atoms with van der Waals surface area (Å²) in [5, 5.41) is 3.73. The van der Waals surface area contributed by atoms with E-state index in [-0.39, 0.29) is 24.1 Å². The Balaban J connectivity index is 1.68. The Hall–Kier alpha value is -0.810. The molecule has 3 rings (SSSR count). The van der Waals surface area contributed by atoms with Gasteiger partial charge in [0, 0.05) is 24.1 Å². The molecule has 2 aliphatic rings. The van der Waals surface area contributed by atoms with Crippen molar-refractivity contribution in [1.82, 2.24) is 5.32 Å². The summed E-state index contributed by atoms with van der Waals surface area (Å²) in [6.07, 6.45) is 2.17. The number of carbonyl (C=O) groups excluding carboxylic acids is 1. The molecule has 0 bridgehead atoms. The Labute approximate surface area is 127 Å². The zero-order valence-corrected chi connectivity index (χ0v) is 12.3. The van der Waals surface area contributed by atoms with E-state index in [1.165, 1.54) is 0 Å². The lowest BCUT2D eigenvalue weighted by atomic mass is 9.68. The van der Waals surface area contributed by atoms with Gasteiger partial charge in [-0.3, -0.25) is 4.79 Å². The van der Waals surface area contributed by atoms with Gasteiger partial charge in [0.25, 0.3) is 5.91 Å². The van der Waals surface area contributed by atoms with Crippen molar-refractivity contribution in [1.29, 1.82) is 0 Å². The number of fused-ring (bicyclic) bond motifs is 1. The molecule has 0 radical (unpaired) electrons. The first kappa shape index (κ1) is 14.1. The van der Waals surface area contributed by atoms with Gasteiger partial charge in [-0.25, -0.2) is 0 Å². The van der Waals surface area contributed by atoms with Crippen LogP contribution in [0.1, 0.15) is 23.2 Å². The average Bonchev–Trinajstić information content (AvgIpc) is 2.47. The second-order valence-corrected chi connectivity index (χ2v) is 6.16. The van der Waals surface area contributed by atoms with E-state index in [0.717, 1.165) is 19.4 Å². The van der Waals surface area contributed by atoms with Crippen molar-refractivity contribution in [2.24, 2.45) is 11.7 Å². The van der Waals surface area contributed by atoms with Crippen LogP contribution in [0.15, 0.2) is 18.2 Å². The lowest BCUT2D eigenvalue weighted by Crippen LogP contribution is -2.72. The van der Waals surface area contributed by atoms with Gasteiger partial charge in [-0.2, -0.15) is 0 Å². The van der Waals surface area contributed by atoms with Crippen molar-refractivity contribution in [3.63, 3.8) is 0 Å². The molecule has 0 aromatic heterocycles. The van der Waals surface area contributed by atoms with E-state index in [4.69, 9.17) is 33.7 Å². The molecule has 20 heavy (non-hydrogen) atoms. The molecule has 1 saturated carbocycles. The van der Waals surface area contributed by atoms with E-state index in [9.17, 15) is 4.79 Å². The van der Waals surface area contributed by atoms with Gasteiger partial charge in [-0.15, -0.1) is 0 Å². The van der Waals surface area contributed by atoms with Gasteiger partial charge in [0.1, 0.15) is 0 Å². The molecule has 1 aromatic carbocycles. The van der Waals surface area contributed by atoms with Gasteiger partial charge < -0.3 is 15.8 Å². The average molecular weight is 315 g/mol. The zero-order valence-electron chi connectivity index (χ0n) is 10.8. The van der Waals surface area contributed by atoms with Crippen LogP contribution < -0.4 is 11.1 Å². The Bertz CT molecular complexity index is 538. The molecule has 4 atom stereocenters. The number of amides is 1. The maximum Gasteiger partial charge on any atom is 0.251 e. The smallest absolute Gasteiger partial charge is 0.251 e. The van der Waals surface area contributed by atoms with Gasteiger partial charge in [0.2, 0.25) is 0 Å². The van der Waals surface area contributed by atoms with Crippen molar-refractivity contribution < 1.29 is 9.53 Å². The predicted molar refractivity (Wildman–Crippen MR) is 78.2 cm³/mol. The highest BCUT2D eigenvalue weighted by molar-refractivity contribution is 6.42. The SMILES string of the molecule is NC1C2CCCOC2C1NC(=O)c1ccc(Cl)c(Cl)c1. The molecule has 1 saturated heterocycles. The molecule has 1 aliphatic carbocycles. The summed E-state index contributed by atoms with van der Waals surface area (Å²) >= 11 is 11.8. The Kier molecular flexibility index (Phi) is 3.91. The Morgan fingerprint density at radius 2 is 2.15 bits per heavy atom. The van der Waals surface area contributed by atoms with Crippen LogP contribution >= 0.6 is 23.2 Å². The van der Waals surface area contributed by atoms with E-state index < -0.39 is 0 Å². The van der Waals surface area contributed by atoms with E-state index >= 15 is 0 Å². The molecule has 6 heteroatoms. The minimum atomic E-state index is -0.198. The van der Waals surface area contributed by atoms with E-state index in [0.29, 0.717) is 21.5 Å². The summed E-state index contributed by atoms with van der Waals surface area (Å²) in [7, 11) is 0. The van der Waals surface area contributed by atoms with Gasteiger partial charge in [0.15, 0.2) is 0 Å². The number of rotatable bonds is 2. The standard InChI is InChI=1S/C14H16Cl2N2O2/c15-9-4-3-7(6-10(9)16)14(19)18-12-11(17)8-2-1-5-20-13(8)12/h3-4,6,8,11-13H,1-2,5,17H2,(H,18,19). The molecule has 4 unspecified atom stereocenters. The molecule has 1 aromatic rings. The third kappa shape index (κ3) is 2.42. The van der Waals surface area contributed by atoms with E-state index in [1.807, 2.05) is 0 Å². The molecule has 3 N–H and O–H groups in total. The number of carbonyl (C=O) groups is 1. The number of benzene rings is 1. The highest BCUT2D eigenvalue weighted by Gasteiger charge is 2.51. The molecule has 108 valence electrons. The van der Waals surface area contributed by atoms with Crippen molar-refractivity contribution in [2.45, 2.75) is 31.0 Å². The van der Waals surface area contributed by atoms with E-state index in [1.54, 1.807) is 18.2 Å². The Morgan fingerprint density at radius 1 is 1.35 bits per heavy atom. The van der Waals surface area contributed by atoms with Gasteiger partial charge >= 0.3 is 0 Å². The number of nitrogens with two attached hydrogens (primary N) is 1. The molecule has 1 heterocycles. The highest BCUT2D eigenvalue weighted by atomic mass is 35.5. The number of hydrogen-bond donors (Lipinski definition) is 2. The topological polar surface area (TPSA) is 64.3 Å². The summed E-state index contributed by atoms with van der Waals surface area (Å²) in [6.45, 7) is 0.743. The lowest BCUT2D eigenvalue weighted by molar-refractivity contribution is -0.117. The number of halogens is 2. The van der Waals surface area contributed by atoms with Crippen LogP contribution in [0.3, 0.4) is 0 Å². The first-order valence-corrected chi connectivity index (χ1v) is 7.46. The molecular weight excluding hydrogens is 299 g/mol. The summed E-state index contributed by atoms with van der Waals surface area (Å²) in [6, 6.07) is 4.66. The lowest BCUT2D eigenvalue weighted by Gasteiger charge is -2.52. The van der Waals surface area contributed by atoms with Crippen LogP contribution in [0.25, 0.3) is 0 Å². The predicted octanol–water partition coefficient (Wildman–Crippen LogP) is 2.23. The van der Waals surface area contributed by atoms with Crippen molar-refractivity contribution in [3.8, 4) is 0 Å². The summed E-state index contributed by atoms with van der Waals surface area (Å²) in [5.41, 5.74) is 6.59. The first-order chi connectivity index (χ1) is 9.58. The molecular formula is C14H16Cl2N2O2. The highest BCUT2D eigenvalue weighted by Crippen LogP contribution is 2.37. The second kappa shape index (κ2) is 5.53. The Morgan fingerprint density at radius 3 is 2.90 bits per heavy atom. The molecule has 1 amide bonds. The van der Waals surface area contributed by atoms with Crippen LogP contribution in [-0.4, -0.2) is 30.7 Å². The fraction of sp³-hybridized carbons (Fsp3) is 0.500. The molecule has 2 fully saturated rings. The number of hydrogen-bond acceptors (Lipinski definition) is 3. The fourth-order valence-electron chi connectivity index (χ4n) is 3.00. The third-order valence-electron chi connectivity index (χ3n) is 4.16. The number of nitrogens with one attached hydrogen (secondary N) is 1. The fourth-order valence-corrected chi connectivity index (χ4v) is 3.30. The molecule has 0 spiro atoms. The van der Waals surface area contributed by atoms with Crippen LogP contribution in [-0.2, 0) is 4.74 Å². The van der Waals surface area contributed by atoms with Crippen molar-refractivity contribution >= 4 is 29.1 Å². The van der Waals surface area contributed by atoms with Gasteiger partial charge in [-0.1, -0.05) is 23.2 Å². The normalized spacial score (nSPS) is 32.1. The third-order valence-corrected chi connectivity index (χ3v) is 4.90. The molecule has 4 nitrogen and oxygen atoms in total. The van der Waals surface area contributed by atoms with Crippen LogP contribution in [0.2, 0.25) is 10.0 Å². The van der Waals surface area contributed by atoms with Gasteiger partial charge in [-0.05, 0) is 31.0 Å². The first-order valence-electron chi connectivity index (χ1n) is 6.71. The van der Waals surface area contributed by atoms with Crippen LogP contribution in [0.5, 0.6) is 0 Å². The summed E-state index contributed by atoms with van der Waals surface area (Å²) < 4.78 is 5.70. The monoisotopic (exact) mass is 314 g/mol. The van der Waals surface area contributed by atoms with Gasteiger partial charge in [0.05, 0.1) is 22.2 Å². The maximum absolute atomic E-state index is 12.2. The summed E-state index contributed by atoms with van der Waals surface area (Å²) in [4.78, 5) is 12.2. The minimum absolute atomic E-state index is 0.0352. The largest absolute Gasteiger partial charge is 0.376 e.